The van der Waals surface area contributed by atoms with E-state index in [1.165, 1.54) is 23.1 Å². The molecule has 0 saturated carbocycles. The van der Waals surface area contributed by atoms with E-state index in [1.54, 1.807) is 12.0 Å². The molecule has 0 N–H and O–H groups in total. The van der Waals surface area contributed by atoms with E-state index < -0.39 is 0 Å². The molecule has 0 unspecified atom stereocenters. The molecule has 0 aliphatic carbocycles. The van der Waals surface area contributed by atoms with Gasteiger partial charge in [0, 0.05) is 5.38 Å². The van der Waals surface area contributed by atoms with Gasteiger partial charge >= 0.3 is 0 Å². The fourth-order valence-corrected chi connectivity index (χ4v) is 4.71. The van der Waals surface area contributed by atoms with Crippen molar-refractivity contribution >= 4 is 50.6 Å². The van der Waals surface area contributed by atoms with Crippen molar-refractivity contribution in [2.24, 2.45) is 4.99 Å². The third-order valence-corrected chi connectivity index (χ3v) is 6.43. The third-order valence-electron chi connectivity index (χ3n) is 4.44. The summed E-state index contributed by atoms with van der Waals surface area (Å²) in [5, 5.41) is 3.19. The summed E-state index contributed by atoms with van der Waals surface area (Å²) in [6.45, 7) is 3.88. The van der Waals surface area contributed by atoms with Gasteiger partial charge in [0.1, 0.15) is 5.75 Å². The van der Waals surface area contributed by atoms with Crippen molar-refractivity contribution in [3.63, 3.8) is 0 Å². The predicted molar refractivity (Wildman–Crippen MR) is 121 cm³/mol. The zero-order valence-electron chi connectivity index (χ0n) is 16.2. The highest BCUT2D eigenvalue weighted by Crippen LogP contribution is 2.40. The average Bonchev–Trinajstić information content (AvgIpc) is 3.30. The van der Waals surface area contributed by atoms with Crippen LogP contribution >= 0.6 is 23.1 Å². The second-order valence-electron chi connectivity index (χ2n) is 6.43. The van der Waals surface area contributed by atoms with Crippen LogP contribution in [0.4, 0.5) is 10.8 Å². The first kappa shape index (κ1) is 19.4. The Balaban J connectivity index is 1.81. The molecule has 4 rings (SSSR count). The smallest absolute Gasteiger partial charge is 0.271 e. The first-order valence-corrected chi connectivity index (χ1v) is 10.7. The summed E-state index contributed by atoms with van der Waals surface area (Å²) in [7, 11) is 1.63. The van der Waals surface area contributed by atoms with Crippen LogP contribution in [0.25, 0.3) is 5.57 Å². The summed E-state index contributed by atoms with van der Waals surface area (Å²) < 4.78 is 5.33. The van der Waals surface area contributed by atoms with Crippen molar-refractivity contribution in [2.75, 3.05) is 12.0 Å². The Labute approximate surface area is 177 Å². The minimum Gasteiger partial charge on any atom is -0.497 e. The summed E-state index contributed by atoms with van der Waals surface area (Å²) in [5.74, 6) is 0.665. The number of ether oxygens (including phenoxy) is 1. The molecule has 1 aliphatic heterocycles. The maximum Gasteiger partial charge on any atom is 0.271 e. The van der Waals surface area contributed by atoms with Crippen molar-refractivity contribution in [1.29, 1.82) is 0 Å². The van der Waals surface area contributed by atoms with Crippen LogP contribution in [0.1, 0.15) is 18.2 Å². The van der Waals surface area contributed by atoms with Crippen LogP contribution in [-0.4, -0.2) is 23.2 Å². The zero-order valence-corrected chi connectivity index (χ0v) is 17.9. The second kappa shape index (κ2) is 8.23. The number of nitrogens with zero attached hydrogens (tertiary/aromatic N) is 3. The molecular weight excluding hydrogens is 402 g/mol. The number of aliphatic imine (C=N–C) groups is 1. The molecule has 0 spiro atoms. The van der Waals surface area contributed by atoms with E-state index >= 15 is 0 Å². The van der Waals surface area contributed by atoms with E-state index in [1.807, 2.05) is 73.8 Å². The second-order valence-corrected chi connectivity index (χ2v) is 8.24. The topological polar surface area (TPSA) is 54.8 Å². The summed E-state index contributed by atoms with van der Waals surface area (Å²) in [6.07, 6.45) is 0. The highest BCUT2D eigenvalue weighted by molar-refractivity contribution is 8.19. The van der Waals surface area contributed by atoms with E-state index in [0.717, 1.165) is 28.3 Å². The number of amidine groups is 1. The Hall–Kier alpha value is -2.90. The standard InChI is InChI=1S/C22H19N3O2S2/c1-14-13-28-21(23-14)24-22-25(17-9-5-4-6-10-17)20(26)19(29-22)15(2)16-8-7-11-18(12-16)27-3/h4-13H,1-3H3/b19-15-,24-22+. The van der Waals surface area contributed by atoms with Crippen molar-refractivity contribution in [3.05, 3.63) is 76.1 Å². The van der Waals surface area contributed by atoms with Gasteiger partial charge in [-0.2, -0.15) is 4.99 Å². The van der Waals surface area contributed by atoms with Crippen molar-refractivity contribution in [3.8, 4) is 5.75 Å². The third kappa shape index (κ3) is 3.97. The molecular formula is C22H19N3O2S2. The van der Waals surface area contributed by atoms with Crippen molar-refractivity contribution in [2.45, 2.75) is 13.8 Å². The van der Waals surface area contributed by atoms with E-state index in [0.29, 0.717) is 15.2 Å². The number of amides is 1. The van der Waals surface area contributed by atoms with Crippen molar-refractivity contribution < 1.29 is 9.53 Å². The number of hydrogen-bond acceptors (Lipinski definition) is 6. The lowest BCUT2D eigenvalue weighted by Crippen LogP contribution is -2.28. The van der Waals surface area contributed by atoms with Gasteiger partial charge in [-0.05, 0) is 61.0 Å². The SMILES string of the molecule is COc1cccc(/C(C)=C2\S/C(=N/c3nc(C)cs3)N(c3ccccc3)C2=O)c1. The lowest BCUT2D eigenvalue weighted by atomic mass is 10.1. The van der Waals surface area contributed by atoms with Gasteiger partial charge in [0.25, 0.3) is 5.91 Å². The summed E-state index contributed by atoms with van der Waals surface area (Å²) >= 11 is 2.84. The van der Waals surface area contributed by atoms with Gasteiger partial charge in [0.05, 0.1) is 23.4 Å². The number of carbonyl (C=O) groups is 1. The monoisotopic (exact) mass is 421 g/mol. The number of anilines is 1. The van der Waals surface area contributed by atoms with Gasteiger partial charge in [-0.15, -0.1) is 11.3 Å². The van der Waals surface area contributed by atoms with Crippen LogP contribution in [0.15, 0.2) is 69.9 Å². The Bertz CT molecular complexity index is 1120. The van der Waals surface area contributed by atoms with E-state index in [4.69, 9.17) is 4.74 Å². The zero-order chi connectivity index (χ0) is 20.4. The van der Waals surface area contributed by atoms with Crippen LogP contribution in [0, 0.1) is 6.92 Å². The van der Waals surface area contributed by atoms with Crippen LogP contribution in [-0.2, 0) is 4.79 Å². The molecule has 2 heterocycles. The Morgan fingerprint density at radius 3 is 2.62 bits per heavy atom. The lowest BCUT2D eigenvalue weighted by Gasteiger charge is -2.15. The molecule has 29 heavy (non-hydrogen) atoms. The Kier molecular flexibility index (Phi) is 5.51. The van der Waals surface area contributed by atoms with E-state index in [9.17, 15) is 4.79 Å². The number of rotatable bonds is 4. The van der Waals surface area contributed by atoms with Crippen molar-refractivity contribution in [1.82, 2.24) is 4.98 Å². The summed E-state index contributed by atoms with van der Waals surface area (Å²) in [6, 6.07) is 17.3. The number of allylic oxidation sites excluding steroid dienone is 1. The van der Waals surface area contributed by atoms with Crippen LogP contribution in [0.5, 0.6) is 5.75 Å². The fraction of sp³-hybridized carbons (Fsp3) is 0.136. The molecule has 146 valence electrons. The maximum atomic E-state index is 13.4. The number of aromatic nitrogens is 1. The number of aryl methyl sites for hydroxylation is 1. The first-order valence-electron chi connectivity index (χ1n) is 9.00. The molecule has 0 bridgehead atoms. The quantitative estimate of drug-likeness (QED) is 0.510. The van der Waals surface area contributed by atoms with Crippen LogP contribution < -0.4 is 9.64 Å². The molecule has 1 saturated heterocycles. The molecule has 1 amide bonds. The minimum absolute atomic E-state index is 0.0893. The van der Waals surface area contributed by atoms with E-state index in [-0.39, 0.29) is 5.91 Å². The number of methoxy groups -OCH3 is 1. The largest absolute Gasteiger partial charge is 0.497 e. The number of benzene rings is 2. The van der Waals surface area contributed by atoms with Crippen LogP contribution in [0.2, 0.25) is 0 Å². The number of thioether (sulfide) groups is 1. The van der Waals surface area contributed by atoms with Gasteiger partial charge < -0.3 is 4.74 Å². The molecule has 5 nitrogen and oxygen atoms in total. The number of hydrogen-bond donors (Lipinski definition) is 0. The Morgan fingerprint density at radius 1 is 1.14 bits per heavy atom. The lowest BCUT2D eigenvalue weighted by molar-refractivity contribution is -0.113. The molecule has 1 aromatic heterocycles. The van der Waals surface area contributed by atoms with E-state index in [2.05, 4.69) is 9.98 Å². The highest BCUT2D eigenvalue weighted by Gasteiger charge is 2.36. The van der Waals surface area contributed by atoms with Crippen LogP contribution in [0.3, 0.4) is 0 Å². The first-order chi connectivity index (χ1) is 14.1. The normalized spacial score (nSPS) is 17.1. The molecule has 0 radical (unpaired) electrons. The van der Waals surface area contributed by atoms with Gasteiger partial charge in [-0.1, -0.05) is 30.3 Å². The molecule has 7 heteroatoms. The fourth-order valence-electron chi connectivity index (χ4n) is 2.95. The van der Waals surface area contributed by atoms with Gasteiger partial charge in [-0.3, -0.25) is 9.69 Å². The van der Waals surface area contributed by atoms with Gasteiger partial charge in [0.15, 0.2) is 5.17 Å². The molecule has 3 aromatic rings. The molecule has 0 atom stereocenters. The predicted octanol–water partition coefficient (Wildman–Crippen LogP) is 5.66. The van der Waals surface area contributed by atoms with Gasteiger partial charge in [0.2, 0.25) is 5.13 Å². The number of thiazole rings is 1. The average molecular weight is 422 g/mol. The van der Waals surface area contributed by atoms with Gasteiger partial charge in [-0.25, -0.2) is 4.98 Å². The number of carbonyl (C=O) groups excluding carboxylic acids is 1. The molecule has 1 fully saturated rings. The molecule has 1 aliphatic rings. The summed E-state index contributed by atoms with van der Waals surface area (Å²) in [4.78, 5) is 24.8. The minimum atomic E-state index is -0.0893. The maximum absolute atomic E-state index is 13.4. The highest BCUT2D eigenvalue weighted by atomic mass is 32.2. The molecule has 2 aromatic carbocycles. The Morgan fingerprint density at radius 2 is 1.93 bits per heavy atom. The number of para-hydroxylation sites is 1. The summed E-state index contributed by atoms with van der Waals surface area (Å²) in [5.41, 5.74) is 3.53.